The molecule has 0 aromatic carbocycles. The molecule has 0 aliphatic rings. The summed E-state index contributed by atoms with van der Waals surface area (Å²) in [5, 5.41) is 10.7. The maximum absolute atomic E-state index is 10.5. The molecule has 0 bridgehead atoms. The van der Waals surface area contributed by atoms with E-state index in [2.05, 4.69) is 15.0 Å². The van der Waals surface area contributed by atoms with Crippen LogP contribution in [0.3, 0.4) is 0 Å². The Labute approximate surface area is 89.3 Å². The largest absolute Gasteiger partial charge is 0.476 e. The zero-order chi connectivity index (χ0) is 9.26. The number of nitrogens with zero attached hydrogens (tertiary/aromatic N) is 2. The first-order valence-electron chi connectivity index (χ1n) is 3.46. The van der Waals surface area contributed by atoms with E-state index in [4.69, 9.17) is 5.11 Å². The summed E-state index contributed by atoms with van der Waals surface area (Å²) in [5.74, 6) is -0.424. The minimum Gasteiger partial charge on any atom is -0.476 e. The monoisotopic (exact) mass is 231 g/mol. The molecular formula is C7H6ClN3O2S. The summed E-state index contributed by atoms with van der Waals surface area (Å²) >= 11 is 1.25. The van der Waals surface area contributed by atoms with Crippen LogP contribution in [0.15, 0.2) is 17.8 Å². The van der Waals surface area contributed by atoms with E-state index < -0.39 is 5.97 Å². The Balaban J connectivity index is 0.000000980. The van der Waals surface area contributed by atoms with Crippen molar-refractivity contribution in [2.45, 2.75) is 0 Å². The fourth-order valence-corrected chi connectivity index (χ4v) is 1.61. The van der Waals surface area contributed by atoms with Crippen LogP contribution in [0.2, 0.25) is 0 Å². The number of carboxylic acid groups (broad SMARTS) is 1. The molecule has 2 aromatic rings. The van der Waals surface area contributed by atoms with Gasteiger partial charge in [0.15, 0.2) is 16.5 Å². The lowest BCUT2D eigenvalue weighted by atomic mass is 10.5. The van der Waals surface area contributed by atoms with Gasteiger partial charge in [-0.1, -0.05) is 0 Å². The maximum Gasteiger partial charge on any atom is 0.355 e. The van der Waals surface area contributed by atoms with Gasteiger partial charge in [0, 0.05) is 17.8 Å². The average molecular weight is 232 g/mol. The minimum atomic E-state index is -1.02. The highest BCUT2D eigenvalue weighted by Gasteiger charge is 2.10. The first-order chi connectivity index (χ1) is 6.27. The van der Waals surface area contributed by atoms with Crippen LogP contribution in [0.5, 0.6) is 0 Å². The molecule has 2 rings (SSSR count). The van der Waals surface area contributed by atoms with E-state index in [-0.39, 0.29) is 18.1 Å². The third kappa shape index (κ3) is 1.91. The highest BCUT2D eigenvalue weighted by molar-refractivity contribution is 7.13. The molecule has 0 spiro atoms. The molecule has 7 heteroatoms. The number of imidazole rings is 1. The fraction of sp³-hybridized carbons (Fsp3) is 0. The molecule has 0 fully saturated rings. The third-order valence-corrected chi connectivity index (χ3v) is 2.27. The van der Waals surface area contributed by atoms with Crippen molar-refractivity contribution in [1.82, 2.24) is 15.0 Å². The Morgan fingerprint density at radius 3 is 2.86 bits per heavy atom. The van der Waals surface area contributed by atoms with Gasteiger partial charge in [0.2, 0.25) is 0 Å². The fourth-order valence-electron chi connectivity index (χ4n) is 0.863. The second kappa shape index (κ2) is 4.21. The van der Waals surface area contributed by atoms with Gasteiger partial charge in [0.1, 0.15) is 0 Å². The van der Waals surface area contributed by atoms with Crippen LogP contribution in [0, 0.1) is 0 Å². The summed E-state index contributed by atoms with van der Waals surface area (Å²) in [6.45, 7) is 0. The van der Waals surface area contributed by atoms with E-state index in [9.17, 15) is 4.79 Å². The quantitative estimate of drug-likeness (QED) is 0.824. The van der Waals surface area contributed by atoms with Crippen molar-refractivity contribution >= 4 is 29.7 Å². The molecule has 0 aliphatic heterocycles. The van der Waals surface area contributed by atoms with Crippen LogP contribution in [-0.2, 0) is 0 Å². The van der Waals surface area contributed by atoms with E-state index in [0.29, 0.717) is 10.8 Å². The van der Waals surface area contributed by atoms with Crippen molar-refractivity contribution in [3.63, 3.8) is 0 Å². The number of rotatable bonds is 2. The molecule has 74 valence electrons. The van der Waals surface area contributed by atoms with Gasteiger partial charge in [-0.2, -0.15) is 0 Å². The Morgan fingerprint density at radius 1 is 1.57 bits per heavy atom. The van der Waals surface area contributed by atoms with Crippen molar-refractivity contribution in [2.24, 2.45) is 0 Å². The number of carbonyl (C=O) groups is 1. The number of H-pyrrole nitrogens is 1. The Morgan fingerprint density at radius 2 is 2.36 bits per heavy atom. The Hall–Kier alpha value is -1.40. The van der Waals surface area contributed by atoms with Crippen LogP contribution < -0.4 is 0 Å². The molecule has 5 nitrogen and oxygen atoms in total. The van der Waals surface area contributed by atoms with E-state index in [1.54, 1.807) is 12.4 Å². The van der Waals surface area contributed by atoms with Gasteiger partial charge < -0.3 is 10.1 Å². The van der Waals surface area contributed by atoms with Gasteiger partial charge in [0.05, 0.1) is 0 Å². The summed E-state index contributed by atoms with van der Waals surface area (Å²) in [7, 11) is 0. The topological polar surface area (TPSA) is 78.9 Å². The number of thiazole rings is 1. The van der Waals surface area contributed by atoms with Crippen molar-refractivity contribution in [3.8, 4) is 10.8 Å². The highest BCUT2D eigenvalue weighted by Crippen LogP contribution is 2.19. The summed E-state index contributed by atoms with van der Waals surface area (Å²) in [6, 6.07) is 0. The number of carboxylic acids is 1. The summed E-state index contributed by atoms with van der Waals surface area (Å²) in [5.41, 5.74) is 0.0522. The normalized spacial score (nSPS) is 9.43. The number of halogens is 1. The molecule has 0 unspecified atom stereocenters. The molecule has 2 N–H and O–H groups in total. The standard InChI is InChI=1S/C7H5N3O2S.ClH/c11-7(12)4-3-13-6(10-4)5-8-1-2-9-5;/h1-3H,(H,8,9)(H,11,12);1H. The predicted molar refractivity (Wildman–Crippen MR) is 53.9 cm³/mol. The van der Waals surface area contributed by atoms with Crippen molar-refractivity contribution in [1.29, 1.82) is 0 Å². The third-order valence-electron chi connectivity index (χ3n) is 1.42. The molecule has 0 aliphatic carbocycles. The molecule has 0 atom stereocenters. The first-order valence-corrected chi connectivity index (χ1v) is 4.34. The van der Waals surface area contributed by atoms with Gasteiger partial charge >= 0.3 is 5.97 Å². The molecule has 2 aromatic heterocycles. The van der Waals surface area contributed by atoms with E-state index in [1.807, 2.05) is 0 Å². The SMILES string of the molecule is Cl.O=C(O)c1csc(-c2ncc[nH]2)n1. The zero-order valence-corrected chi connectivity index (χ0v) is 8.43. The van der Waals surface area contributed by atoms with Gasteiger partial charge in [0.25, 0.3) is 0 Å². The van der Waals surface area contributed by atoms with Gasteiger partial charge in [-0.3, -0.25) is 0 Å². The van der Waals surface area contributed by atoms with Gasteiger partial charge in [-0.05, 0) is 0 Å². The second-order valence-electron chi connectivity index (χ2n) is 2.28. The summed E-state index contributed by atoms with van der Waals surface area (Å²) < 4.78 is 0. The average Bonchev–Trinajstić information content (AvgIpc) is 2.75. The van der Waals surface area contributed by atoms with Crippen LogP contribution in [-0.4, -0.2) is 26.0 Å². The highest BCUT2D eigenvalue weighted by atomic mass is 35.5. The van der Waals surface area contributed by atoms with E-state index in [0.717, 1.165) is 0 Å². The molecular weight excluding hydrogens is 226 g/mol. The lowest BCUT2D eigenvalue weighted by molar-refractivity contribution is 0.0691. The first kappa shape index (κ1) is 10.7. The van der Waals surface area contributed by atoms with Gasteiger partial charge in [-0.15, -0.1) is 23.7 Å². The lowest BCUT2D eigenvalue weighted by Gasteiger charge is -1.85. The van der Waals surface area contributed by atoms with Crippen LogP contribution in [0.25, 0.3) is 10.8 Å². The molecule has 14 heavy (non-hydrogen) atoms. The molecule has 0 radical (unpaired) electrons. The maximum atomic E-state index is 10.5. The molecule has 0 amide bonds. The summed E-state index contributed by atoms with van der Waals surface area (Å²) in [6.07, 6.45) is 3.26. The van der Waals surface area contributed by atoms with Crippen molar-refractivity contribution < 1.29 is 9.90 Å². The van der Waals surface area contributed by atoms with E-state index in [1.165, 1.54) is 16.7 Å². The predicted octanol–water partition coefficient (Wildman–Crippen LogP) is 1.65. The van der Waals surface area contributed by atoms with E-state index >= 15 is 0 Å². The van der Waals surface area contributed by atoms with Gasteiger partial charge in [-0.25, -0.2) is 14.8 Å². The Bertz CT molecular complexity index is 426. The number of hydrogen-bond acceptors (Lipinski definition) is 4. The zero-order valence-electron chi connectivity index (χ0n) is 6.80. The number of aromatic nitrogens is 3. The minimum absolute atomic E-state index is 0. The lowest BCUT2D eigenvalue weighted by Crippen LogP contribution is -1.95. The van der Waals surface area contributed by atoms with Crippen molar-refractivity contribution in [2.75, 3.05) is 0 Å². The molecule has 0 saturated carbocycles. The number of aromatic carboxylic acids is 1. The molecule has 0 saturated heterocycles. The number of aromatic amines is 1. The second-order valence-corrected chi connectivity index (χ2v) is 3.14. The molecule has 2 heterocycles. The van der Waals surface area contributed by atoms with Crippen LogP contribution >= 0.6 is 23.7 Å². The smallest absolute Gasteiger partial charge is 0.355 e. The van der Waals surface area contributed by atoms with Crippen molar-refractivity contribution in [3.05, 3.63) is 23.5 Å². The number of hydrogen-bond donors (Lipinski definition) is 2. The number of nitrogens with one attached hydrogen (secondary N) is 1. The van der Waals surface area contributed by atoms with Crippen LogP contribution in [0.4, 0.5) is 0 Å². The summed E-state index contributed by atoms with van der Waals surface area (Å²) in [4.78, 5) is 21.2. The van der Waals surface area contributed by atoms with Crippen LogP contribution in [0.1, 0.15) is 10.5 Å². The Kier molecular flexibility index (Phi) is 3.21.